The Morgan fingerprint density at radius 1 is 1.25 bits per heavy atom. The maximum atomic E-state index is 12.8. The molecule has 0 aromatic heterocycles. The van der Waals surface area contributed by atoms with E-state index < -0.39 is 28.0 Å². The third-order valence-corrected chi connectivity index (χ3v) is 5.53. The Labute approximate surface area is 164 Å². The summed E-state index contributed by atoms with van der Waals surface area (Å²) in [5.74, 6) is 0.294. The SMILES string of the molecule is CCC1CC(Oc2ccc(C(F)(F)F)cc2Cl)c2ccc(S(=O)(=O)O)cc2O1. The van der Waals surface area contributed by atoms with Crippen molar-refractivity contribution in [3.63, 3.8) is 0 Å². The molecular weight excluding hydrogens is 421 g/mol. The zero-order valence-corrected chi connectivity index (χ0v) is 16.1. The summed E-state index contributed by atoms with van der Waals surface area (Å²) >= 11 is 5.97. The fourth-order valence-corrected chi connectivity index (χ4v) is 3.65. The Kier molecular flexibility index (Phi) is 5.53. The average molecular weight is 437 g/mol. The van der Waals surface area contributed by atoms with Gasteiger partial charge in [-0.15, -0.1) is 0 Å². The molecule has 0 aliphatic carbocycles. The van der Waals surface area contributed by atoms with E-state index in [2.05, 4.69) is 0 Å². The van der Waals surface area contributed by atoms with Crippen molar-refractivity contribution in [3.8, 4) is 11.5 Å². The number of hydrogen-bond acceptors (Lipinski definition) is 4. The van der Waals surface area contributed by atoms with Crippen LogP contribution in [0, 0.1) is 0 Å². The predicted molar refractivity (Wildman–Crippen MR) is 95.4 cm³/mol. The van der Waals surface area contributed by atoms with Gasteiger partial charge in [-0.1, -0.05) is 24.6 Å². The van der Waals surface area contributed by atoms with Gasteiger partial charge in [-0.2, -0.15) is 21.6 Å². The molecule has 1 heterocycles. The molecule has 0 fully saturated rings. The molecular formula is C18H16ClF3O5S. The van der Waals surface area contributed by atoms with Crippen molar-refractivity contribution in [2.45, 2.75) is 43.0 Å². The molecule has 3 rings (SSSR count). The Morgan fingerprint density at radius 2 is 1.96 bits per heavy atom. The van der Waals surface area contributed by atoms with Crippen LogP contribution in [0.5, 0.6) is 11.5 Å². The molecule has 0 spiro atoms. The topological polar surface area (TPSA) is 72.8 Å². The van der Waals surface area contributed by atoms with Gasteiger partial charge in [0.1, 0.15) is 23.7 Å². The first-order valence-corrected chi connectivity index (χ1v) is 10.1. The van der Waals surface area contributed by atoms with Crippen molar-refractivity contribution in [2.75, 3.05) is 0 Å². The third kappa shape index (κ3) is 4.37. The van der Waals surface area contributed by atoms with E-state index in [4.69, 9.17) is 21.1 Å². The van der Waals surface area contributed by atoms with E-state index in [1.165, 1.54) is 18.2 Å². The van der Waals surface area contributed by atoms with E-state index in [1.54, 1.807) is 0 Å². The lowest BCUT2D eigenvalue weighted by molar-refractivity contribution is -0.137. The Hall–Kier alpha value is -1.97. The molecule has 1 aliphatic heterocycles. The van der Waals surface area contributed by atoms with Crippen LogP contribution in [0.2, 0.25) is 5.02 Å². The van der Waals surface area contributed by atoms with Crippen LogP contribution in [0.1, 0.15) is 37.0 Å². The molecule has 152 valence electrons. The number of ether oxygens (including phenoxy) is 2. The van der Waals surface area contributed by atoms with Crippen molar-refractivity contribution in [3.05, 3.63) is 52.5 Å². The van der Waals surface area contributed by atoms with E-state index in [0.29, 0.717) is 18.4 Å². The average Bonchev–Trinajstić information content (AvgIpc) is 2.61. The number of fused-ring (bicyclic) bond motifs is 1. The van der Waals surface area contributed by atoms with Crippen molar-refractivity contribution >= 4 is 21.7 Å². The van der Waals surface area contributed by atoms with Gasteiger partial charge in [0.05, 0.1) is 15.5 Å². The van der Waals surface area contributed by atoms with Gasteiger partial charge in [0, 0.05) is 18.1 Å². The van der Waals surface area contributed by atoms with Crippen LogP contribution in [0.3, 0.4) is 0 Å². The Balaban J connectivity index is 1.95. The van der Waals surface area contributed by atoms with E-state index >= 15 is 0 Å². The highest BCUT2D eigenvalue weighted by Crippen LogP contribution is 2.42. The minimum Gasteiger partial charge on any atom is -0.490 e. The molecule has 10 heteroatoms. The summed E-state index contributed by atoms with van der Waals surface area (Å²) in [5, 5.41) is -0.189. The van der Waals surface area contributed by atoms with Gasteiger partial charge in [-0.05, 0) is 30.7 Å². The van der Waals surface area contributed by atoms with Crippen molar-refractivity contribution in [1.82, 2.24) is 0 Å². The second-order valence-electron chi connectivity index (χ2n) is 6.31. The Morgan fingerprint density at radius 3 is 2.54 bits per heavy atom. The maximum Gasteiger partial charge on any atom is 0.416 e. The summed E-state index contributed by atoms with van der Waals surface area (Å²) in [6.07, 6.45) is -4.45. The van der Waals surface area contributed by atoms with Crippen LogP contribution in [0.15, 0.2) is 41.3 Å². The largest absolute Gasteiger partial charge is 0.490 e. The maximum absolute atomic E-state index is 12.8. The van der Waals surface area contributed by atoms with Gasteiger partial charge in [-0.3, -0.25) is 4.55 Å². The summed E-state index contributed by atoms with van der Waals surface area (Å²) in [6.45, 7) is 1.87. The molecule has 2 aromatic rings. The van der Waals surface area contributed by atoms with Crippen LogP contribution >= 0.6 is 11.6 Å². The zero-order chi connectivity index (χ0) is 20.7. The monoisotopic (exact) mass is 436 g/mol. The highest BCUT2D eigenvalue weighted by atomic mass is 35.5. The van der Waals surface area contributed by atoms with E-state index in [1.807, 2.05) is 6.92 Å². The highest BCUT2D eigenvalue weighted by Gasteiger charge is 2.33. The van der Waals surface area contributed by atoms with Crippen LogP contribution < -0.4 is 9.47 Å². The van der Waals surface area contributed by atoms with Crippen LogP contribution in [-0.4, -0.2) is 19.1 Å². The number of halogens is 4. The molecule has 2 atom stereocenters. The second-order valence-corrected chi connectivity index (χ2v) is 8.14. The summed E-state index contributed by atoms with van der Waals surface area (Å²) in [4.78, 5) is -0.325. The lowest BCUT2D eigenvalue weighted by Crippen LogP contribution is -2.28. The summed E-state index contributed by atoms with van der Waals surface area (Å²) in [6, 6.07) is 6.64. The van der Waals surface area contributed by atoms with Gasteiger partial charge in [-0.25, -0.2) is 0 Å². The second kappa shape index (κ2) is 7.46. The molecule has 1 N–H and O–H groups in total. The highest BCUT2D eigenvalue weighted by molar-refractivity contribution is 7.85. The molecule has 1 aliphatic rings. The number of hydrogen-bond donors (Lipinski definition) is 1. The van der Waals surface area contributed by atoms with Crippen LogP contribution in [0.4, 0.5) is 13.2 Å². The van der Waals surface area contributed by atoms with Crippen LogP contribution in [0.25, 0.3) is 0 Å². The third-order valence-electron chi connectivity index (χ3n) is 4.38. The van der Waals surface area contributed by atoms with Gasteiger partial charge in [0.25, 0.3) is 10.1 Å². The first kappa shape index (κ1) is 20.8. The molecule has 0 saturated heterocycles. The summed E-state index contributed by atoms with van der Waals surface area (Å²) in [7, 11) is -4.41. The molecule has 28 heavy (non-hydrogen) atoms. The number of benzene rings is 2. The van der Waals surface area contributed by atoms with Gasteiger partial charge >= 0.3 is 6.18 Å². The lowest BCUT2D eigenvalue weighted by Gasteiger charge is -2.32. The quantitative estimate of drug-likeness (QED) is 0.659. The fraction of sp³-hybridized carbons (Fsp3) is 0.333. The molecule has 0 amide bonds. The van der Waals surface area contributed by atoms with Crippen molar-refractivity contribution in [1.29, 1.82) is 0 Å². The van der Waals surface area contributed by atoms with Crippen molar-refractivity contribution in [2.24, 2.45) is 0 Å². The molecule has 5 nitrogen and oxygen atoms in total. The molecule has 2 aromatic carbocycles. The molecule has 0 saturated carbocycles. The minimum absolute atomic E-state index is 0.0706. The minimum atomic E-state index is -4.52. The number of alkyl halides is 3. The smallest absolute Gasteiger partial charge is 0.416 e. The normalized spacial score (nSPS) is 19.6. The predicted octanol–water partition coefficient (Wildman–Crippen LogP) is 5.29. The van der Waals surface area contributed by atoms with Gasteiger partial charge in [0.2, 0.25) is 0 Å². The van der Waals surface area contributed by atoms with E-state index in [0.717, 1.165) is 18.2 Å². The summed E-state index contributed by atoms with van der Waals surface area (Å²) < 4.78 is 81.9. The fourth-order valence-electron chi connectivity index (χ4n) is 2.92. The molecule has 0 bridgehead atoms. The zero-order valence-electron chi connectivity index (χ0n) is 14.5. The first-order chi connectivity index (χ1) is 13.0. The van der Waals surface area contributed by atoms with Crippen molar-refractivity contribution < 1.29 is 35.6 Å². The van der Waals surface area contributed by atoms with Crippen LogP contribution in [-0.2, 0) is 16.3 Å². The van der Waals surface area contributed by atoms with E-state index in [9.17, 15) is 26.1 Å². The van der Waals surface area contributed by atoms with E-state index in [-0.39, 0.29) is 27.5 Å². The van der Waals surface area contributed by atoms with Gasteiger partial charge < -0.3 is 9.47 Å². The summed E-state index contributed by atoms with van der Waals surface area (Å²) in [5.41, 5.74) is -0.380. The first-order valence-electron chi connectivity index (χ1n) is 8.30. The lowest BCUT2D eigenvalue weighted by atomic mass is 9.97. The molecule has 0 radical (unpaired) electrons. The molecule has 2 unspecified atom stereocenters. The standard InChI is InChI=1S/C18H16ClF3O5S/c1-2-11-8-16(13-5-4-12(28(23,24)25)9-17(13)26-11)27-15-6-3-10(7-14(15)19)18(20,21)22/h3-7,9,11,16H,2,8H2,1H3,(H,23,24,25). The Bertz CT molecular complexity index is 991. The number of rotatable bonds is 4. The van der Waals surface area contributed by atoms with Gasteiger partial charge in [0.15, 0.2) is 0 Å².